The number of hydrogen-bond donors (Lipinski definition) is 1. The first kappa shape index (κ1) is 8.75. The van der Waals surface area contributed by atoms with Crippen LogP contribution in [0.2, 0.25) is 0 Å². The van der Waals surface area contributed by atoms with Gasteiger partial charge in [0, 0.05) is 31.4 Å². The summed E-state index contributed by atoms with van der Waals surface area (Å²) in [5, 5.41) is 3.54. The molecule has 1 atom stereocenters. The van der Waals surface area contributed by atoms with E-state index in [9.17, 15) is 0 Å². The van der Waals surface area contributed by atoms with Gasteiger partial charge in [-0.05, 0) is 19.4 Å². The standard InChI is InChI=1S/C10H17N3/c1-13-8-11-7-10(13)6-9-4-2-3-5-12-9/h7-9,12H,2-6H2,1H3. The van der Waals surface area contributed by atoms with E-state index in [-0.39, 0.29) is 0 Å². The SMILES string of the molecule is Cn1cncc1CC1CCCCN1. The first-order chi connectivity index (χ1) is 6.36. The maximum Gasteiger partial charge on any atom is 0.0945 e. The highest BCUT2D eigenvalue weighted by Gasteiger charge is 2.13. The van der Waals surface area contributed by atoms with Crippen LogP contribution < -0.4 is 5.32 Å². The lowest BCUT2D eigenvalue weighted by Crippen LogP contribution is -2.35. The molecule has 2 heterocycles. The Morgan fingerprint density at radius 1 is 1.62 bits per heavy atom. The summed E-state index contributed by atoms with van der Waals surface area (Å²) >= 11 is 0. The minimum atomic E-state index is 0.671. The van der Waals surface area contributed by atoms with Gasteiger partial charge in [-0.25, -0.2) is 4.98 Å². The zero-order valence-corrected chi connectivity index (χ0v) is 8.16. The van der Waals surface area contributed by atoms with Crippen LogP contribution >= 0.6 is 0 Å². The molecule has 0 aromatic carbocycles. The second kappa shape index (κ2) is 3.92. The molecule has 3 heteroatoms. The predicted molar refractivity (Wildman–Crippen MR) is 52.6 cm³/mol. The van der Waals surface area contributed by atoms with Crippen LogP contribution in [0.15, 0.2) is 12.5 Å². The average molecular weight is 179 g/mol. The molecule has 1 fully saturated rings. The molecule has 0 saturated carbocycles. The average Bonchev–Trinajstić information content (AvgIpc) is 2.54. The molecule has 72 valence electrons. The Kier molecular flexibility index (Phi) is 2.64. The first-order valence-electron chi connectivity index (χ1n) is 5.05. The van der Waals surface area contributed by atoms with Gasteiger partial charge in [0.1, 0.15) is 0 Å². The van der Waals surface area contributed by atoms with Gasteiger partial charge in [-0.15, -0.1) is 0 Å². The summed E-state index contributed by atoms with van der Waals surface area (Å²) < 4.78 is 2.11. The number of aryl methyl sites for hydroxylation is 1. The van der Waals surface area contributed by atoms with Crippen molar-refractivity contribution < 1.29 is 0 Å². The smallest absolute Gasteiger partial charge is 0.0945 e. The van der Waals surface area contributed by atoms with Crippen molar-refractivity contribution in [3.05, 3.63) is 18.2 Å². The van der Waals surface area contributed by atoms with E-state index >= 15 is 0 Å². The molecule has 0 spiro atoms. The first-order valence-corrected chi connectivity index (χ1v) is 5.05. The summed E-state index contributed by atoms with van der Waals surface area (Å²) in [6.45, 7) is 1.18. The van der Waals surface area contributed by atoms with Crippen LogP contribution in [-0.4, -0.2) is 22.1 Å². The van der Waals surface area contributed by atoms with Crippen molar-refractivity contribution in [2.75, 3.05) is 6.54 Å². The number of rotatable bonds is 2. The maximum absolute atomic E-state index is 4.12. The second-order valence-corrected chi connectivity index (χ2v) is 3.85. The summed E-state index contributed by atoms with van der Waals surface area (Å²) in [7, 11) is 2.06. The van der Waals surface area contributed by atoms with Crippen LogP contribution in [0.5, 0.6) is 0 Å². The molecule has 13 heavy (non-hydrogen) atoms. The summed E-state index contributed by atoms with van der Waals surface area (Å²) in [5.74, 6) is 0. The number of imidazole rings is 1. The predicted octanol–water partition coefficient (Wildman–Crippen LogP) is 1.10. The van der Waals surface area contributed by atoms with Crippen molar-refractivity contribution in [3.8, 4) is 0 Å². The third kappa shape index (κ3) is 2.10. The van der Waals surface area contributed by atoms with E-state index in [4.69, 9.17) is 0 Å². The zero-order valence-electron chi connectivity index (χ0n) is 8.16. The summed E-state index contributed by atoms with van der Waals surface area (Å²) in [4.78, 5) is 4.12. The molecule has 1 unspecified atom stereocenters. The topological polar surface area (TPSA) is 29.9 Å². The molecular formula is C10H17N3. The summed E-state index contributed by atoms with van der Waals surface area (Å²) in [5.41, 5.74) is 1.33. The Labute approximate surface area is 79.2 Å². The fourth-order valence-electron chi connectivity index (χ4n) is 1.93. The Bertz CT molecular complexity index is 261. The molecule has 1 aromatic heterocycles. The van der Waals surface area contributed by atoms with Gasteiger partial charge in [0.15, 0.2) is 0 Å². The Morgan fingerprint density at radius 3 is 3.15 bits per heavy atom. The molecule has 0 aliphatic carbocycles. The quantitative estimate of drug-likeness (QED) is 0.737. The van der Waals surface area contributed by atoms with E-state index in [0.29, 0.717) is 6.04 Å². The van der Waals surface area contributed by atoms with Crippen molar-refractivity contribution in [2.45, 2.75) is 31.7 Å². The Balaban J connectivity index is 1.93. The van der Waals surface area contributed by atoms with Gasteiger partial charge >= 0.3 is 0 Å². The summed E-state index contributed by atoms with van der Waals surface area (Å²) in [6.07, 6.45) is 8.98. The number of nitrogens with one attached hydrogen (secondary N) is 1. The Morgan fingerprint density at radius 2 is 2.54 bits per heavy atom. The van der Waals surface area contributed by atoms with Crippen LogP contribution in [0.1, 0.15) is 25.0 Å². The van der Waals surface area contributed by atoms with Crippen LogP contribution in [0.4, 0.5) is 0 Å². The van der Waals surface area contributed by atoms with Crippen LogP contribution in [-0.2, 0) is 13.5 Å². The lowest BCUT2D eigenvalue weighted by atomic mass is 10.0. The highest BCUT2D eigenvalue weighted by molar-refractivity contribution is 5.00. The van der Waals surface area contributed by atoms with E-state index in [1.807, 2.05) is 12.5 Å². The third-order valence-electron chi connectivity index (χ3n) is 2.78. The lowest BCUT2D eigenvalue weighted by Gasteiger charge is -2.23. The maximum atomic E-state index is 4.12. The molecule has 0 amide bonds. The lowest BCUT2D eigenvalue weighted by molar-refractivity contribution is 0.394. The van der Waals surface area contributed by atoms with Gasteiger partial charge in [0.25, 0.3) is 0 Å². The molecule has 1 aliphatic rings. The highest BCUT2D eigenvalue weighted by Crippen LogP contribution is 2.11. The highest BCUT2D eigenvalue weighted by atomic mass is 15.0. The molecule has 1 aliphatic heterocycles. The molecule has 0 radical (unpaired) electrons. The number of aromatic nitrogens is 2. The molecule has 0 bridgehead atoms. The van der Waals surface area contributed by atoms with Crippen LogP contribution in [0, 0.1) is 0 Å². The molecular weight excluding hydrogens is 162 g/mol. The monoisotopic (exact) mass is 179 g/mol. The largest absolute Gasteiger partial charge is 0.338 e. The molecule has 1 N–H and O–H groups in total. The minimum absolute atomic E-state index is 0.671. The normalized spacial score (nSPS) is 23.3. The van der Waals surface area contributed by atoms with E-state index in [1.54, 1.807) is 0 Å². The summed E-state index contributed by atoms with van der Waals surface area (Å²) in [6, 6.07) is 0.671. The van der Waals surface area contributed by atoms with E-state index in [1.165, 1.54) is 31.5 Å². The minimum Gasteiger partial charge on any atom is -0.338 e. The number of nitrogens with zero attached hydrogens (tertiary/aromatic N) is 2. The van der Waals surface area contributed by atoms with Crippen molar-refractivity contribution in [1.29, 1.82) is 0 Å². The zero-order chi connectivity index (χ0) is 9.10. The molecule has 1 aromatic rings. The van der Waals surface area contributed by atoms with Crippen LogP contribution in [0.3, 0.4) is 0 Å². The number of piperidine rings is 1. The van der Waals surface area contributed by atoms with Gasteiger partial charge in [0.05, 0.1) is 6.33 Å². The van der Waals surface area contributed by atoms with Gasteiger partial charge < -0.3 is 9.88 Å². The van der Waals surface area contributed by atoms with Crippen molar-refractivity contribution >= 4 is 0 Å². The van der Waals surface area contributed by atoms with Crippen LogP contribution in [0.25, 0.3) is 0 Å². The van der Waals surface area contributed by atoms with Gasteiger partial charge in [-0.1, -0.05) is 6.42 Å². The van der Waals surface area contributed by atoms with Crippen molar-refractivity contribution in [3.63, 3.8) is 0 Å². The second-order valence-electron chi connectivity index (χ2n) is 3.85. The fraction of sp³-hybridized carbons (Fsp3) is 0.700. The van der Waals surface area contributed by atoms with Gasteiger partial charge in [0.2, 0.25) is 0 Å². The number of hydrogen-bond acceptors (Lipinski definition) is 2. The van der Waals surface area contributed by atoms with E-state index in [2.05, 4.69) is 21.9 Å². The van der Waals surface area contributed by atoms with Crippen molar-refractivity contribution in [2.24, 2.45) is 7.05 Å². The van der Waals surface area contributed by atoms with E-state index < -0.39 is 0 Å². The van der Waals surface area contributed by atoms with E-state index in [0.717, 1.165) is 6.42 Å². The van der Waals surface area contributed by atoms with Gasteiger partial charge in [-0.2, -0.15) is 0 Å². The van der Waals surface area contributed by atoms with Crippen molar-refractivity contribution in [1.82, 2.24) is 14.9 Å². The third-order valence-corrected chi connectivity index (χ3v) is 2.78. The molecule has 1 saturated heterocycles. The molecule has 3 nitrogen and oxygen atoms in total. The van der Waals surface area contributed by atoms with Gasteiger partial charge in [-0.3, -0.25) is 0 Å². The Hall–Kier alpha value is -0.830. The molecule has 2 rings (SSSR count). The fourth-order valence-corrected chi connectivity index (χ4v) is 1.93.